The van der Waals surface area contributed by atoms with Crippen LogP contribution in [-0.4, -0.2) is 5.91 Å². The highest BCUT2D eigenvalue weighted by molar-refractivity contribution is 5.76. The molecule has 0 saturated carbocycles. The highest BCUT2D eigenvalue weighted by Crippen LogP contribution is 2.13. The van der Waals surface area contributed by atoms with Crippen LogP contribution in [0, 0.1) is 6.92 Å². The average molecular weight is 258 g/mol. The highest BCUT2D eigenvalue weighted by Gasteiger charge is 2.11. The first-order valence-corrected chi connectivity index (χ1v) is 6.27. The molecule has 2 aromatic rings. The Kier molecular flexibility index (Phi) is 4.36. The van der Waals surface area contributed by atoms with E-state index in [1.54, 1.807) is 0 Å². The van der Waals surface area contributed by atoms with Gasteiger partial charge >= 0.3 is 0 Å². The van der Waals surface area contributed by atoms with E-state index in [9.17, 15) is 4.79 Å². The predicted octanol–water partition coefficient (Wildman–Crippen LogP) is 2.29. The van der Waals surface area contributed by atoms with E-state index in [0.29, 0.717) is 6.54 Å². The average Bonchev–Trinajstić information content (AvgIpc) is 2.83. The molecule has 0 bridgehead atoms. The van der Waals surface area contributed by atoms with Crippen LogP contribution in [0.25, 0.3) is 0 Å². The molecule has 3 N–H and O–H groups in total. The standard InChI is InChI=1S/C15H18N2O2/c1-11-7-8-13(19-11)10-17-15(18)9-14(16)12-5-3-2-4-6-12/h2-8,14H,9-10,16H2,1H3,(H,17,18). The van der Waals surface area contributed by atoms with Gasteiger partial charge in [-0.2, -0.15) is 0 Å². The summed E-state index contributed by atoms with van der Waals surface area (Å²) in [7, 11) is 0. The fourth-order valence-electron chi connectivity index (χ4n) is 1.86. The van der Waals surface area contributed by atoms with Crippen LogP contribution in [-0.2, 0) is 11.3 Å². The lowest BCUT2D eigenvalue weighted by atomic mass is 10.0. The lowest BCUT2D eigenvalue weighted by Crippen LogP contribution is -2.26. The maximum Gasteiger partial charge on any atom is 0.222 e. The minimum absolute atomic E-state index is 0.0783. The number of carbonyl (C=O) groups excluding carboxylic acids is 1. The summed E-state index contributed by atoms with van der Waals surface area (Å²) >= 11 is 0. The number of carbonyl (C=O) groups is 1. The third kappa shape index (κ3) is 3.96. The number of rotatable bonds is 5. The second-order valence-corrected chi connectivity index (χ2v) is 4.51. The molecule has 0 saturated heterocycles. The fourth-order valence-corrected chi connectivity index (χ4v) is 1.86. The molecular weight excluding hydrogens is 240 g/mol. The summed E-state index contributed by atoms with van der Waals surface area (Å²) in [6.07, 6.45) is 0.268. The van der Waals surface area contributed by atoms with Gasteiger partial charge in [-0.3, -0.25) is 4.79 Å². The molecule has 100 valence electrons. The van der Waals surface area contributed by atoms with Crippen LogP contribution < -0.4 is 11.1 Å². The molecule has 0 radical (unpaired) electrons. The number of amides is 1. The van der Waals surface area contributed by atoms with E-state index in [4.69, 9.17) is 10.2 Å². The van der Waals surface area contributed by atoms with Gasteiger partial charge in [-0.1, -0.05) is 30.3 Å². The van der Waals surface area contributed by atoms with Crippen LogP contribution >= 0.6 is 0 Å². The summed E-state index contributed by atoms with van der Waals surface area (Å²) in [5.41, 5.74) is 6.95. The zero-order valence-corrected chi connectivity index (χ0v) is 10.9. The Labute approximate surface area is 112 Å². The van der Waals surface area contributed by atoms with E-state index < -0.39 is 0 Å². The number of nitrogens with one attached hydrogen (secondary N) is 1. The molecule has 0 spiro atoms. The molecular formula is C15H18N2O2. The molecule has 1 unspecified atom stereocenters. The zero-order chi connectivity index (χ0) is 13.7. The van der Waals surface area contributed by atoms with E-state index in [-0.39, 0.29) is 18.4 Å². The predicted molar refractivity (Wildman–Crippen MR) is 73.3 cm³/mol. The normalized spacial score (nSPS) is 12.1. The summed E-state index contributed by atoms with van der Waals surface area (Å²) in [6, 6.07) is 13.1. The van der Waals surface area contributed by atoms with E-state index in [0.717, 1.165) is 17.1 Å². The molecule has 0 aliphatic heterocycles. The summed E-state index contributed by atoms with van der Waals surface area (Å²) in [5.74, 6) is 1.51. The summed E-state index contributed by atoms with van der Waals surface area (Å²) in [5, 5.41) is 2.80. The number of benzene rings is 1. The van der Waals surface area contributed by atoms with Crippen LogP contribution in [0.3, 0.4) is 0 Å². The highest BCUT2D eigenvalue weighted by atomic mass is 16.3. The van der Waals surface area contributed by atoms with Gasteiger partial charge in [0.15, 0.2) is 0 Å². The van der Waals surface area contributed by atoms with Gasteiger partial charge in [-0.25, -0.2) is 0 Å². The molecule has 1 amide bonds. The number of hydrogen-bond donors (Lipinski definition) is 2. The molecule has 1 aromatic heterocycles. The molecule has 19 heavy (non-hydrogen) atoms. The van der Waals surface area contributed by atoms with E-state index >= 15 is 0 Å². The molecule has 0 aliphatic carbocycles. The molecule has 4 heteroatoms. The van der Waals surface area contributed by atoms with Gasteiger partial charge in [0, 0.05) is 12.5 Å². The van der Waals surface area contributed by atoms with E-state index in [1.807, 2.05) is 49.4 Å². The zero-order valence-electron chi connectivity index (χ0n) is 10.9. The van der Waals surface area contributed by atoms with Gasteiger partial charge in [-0.05, 0) is 24.6 Å². The Hall–Kier alpha value is -2.07. The van der Waals surface area contributed by atoms with Crippen molar-refractivity contribution in [1.82, 2.24) is 5.32 Å². The number of furan rings is 1. The monoisotopic (exact) mass is 258 g/mol. The van der Waals surface area contributed by atoms with Crippen LogP contribution in [0.15, 0.2) is 46.9 Å². The van der Waals surface area contributed by atoms with Gasteiger partial charge in [0.25, 0.3) is 0 Å². The van der Waals surface area contributed by atoms with Crippen LogP contribution in [0.2, 0.25) is 0 Å². The summed E-state index contributed by atoms with van der Waals surface area (Å²) in [6.45, 7) is 2.27. The van der Waals surface area contributed by atoms with Crippen LogP contribution in [0.1, 0.15) is 29.5 Å². The third-order valence-corrected chi connectivity index (χ3v) is 2.89. The number of nitrogens with two attached hydrogens (primary N) is 1. The van der Waals surface area contributed by atoms with Crippen molar-refractivity contribution in [3.8, 4) is 0 Å². The fraction of sp³-hybridized carbons (Fsp3) is 0.267. The van der Waals surface area contributed by atoms with E-state index in [1.165, 1.54) is 0 Å². The minimum Gasteiger partial charge on any atom is -0.465 e. The van der Waals surface area contributed by atoms with Crippen molar-refractivity contribution in [1.29, 1.82) is 0 Å². The van der Waals surface area contributed by atoms with Crippen molar-refractivity contribution < 1.29 is 9.21 Å². The first kappa shape index (κ1) is 13.4. The van der Waals surface area contributed by atoms with Crippen molar-refractivity contribution in [3.63, 3.8) is 0 Å². The van der Waals surface area contributed by atoms with Gasteiger partial charge in [0.05, 0.1) is 6.54 Å². The van der Waals surface area contributed by atoms with Crippen molar-refractivity contribution in [3.05, 3.63) is 59.5 Å². The molecule has 1 aromatic carbocycles. The Morgan fingerprint density at radius 3 is 2.63 bits per heavy atom. The van der Waals surface area contributed by atoms with Crippen molar-refractivity contribution in [2.45, 2.75) is 25.9 Å². The van der Waals surface area contributed by atoms with Crippen molar-refractivity contribution >= 4 is 5.91 Å². The molecule has 0 fully saturated rings. The molecule has 2 rings (SSSR count). The molecule has 1 atom stereocenters. The Bertz CT molecular complexity index is 534. The smallest absolute Gasteiger partial charge is 0.222 e. The maximum atomic E-state index is 11.8. The van der Waals surface area contributed by atoms with E-state index in [2.05, 4.69) is 5.32 Å². The second kappa shape index (κ2) is 6.20. The lowest BCUT2D eigenvalue weighted by molar-refractivity contribution is -0.121. The van der Waals surface area contributed by atoms with Gasteiger partial charge in [0.1, 0.15) is 11.5 Å². The minimum atomic E-state index is -0.278. The van der Waals surface area contributed by atoms with Gasteiger partial charge in [0.2, 0.25) is 5.91 Å². The number of hydrogen-bond acceptors (Lipinski definition) is 3. The number of aryl methyl sites for hydroxylation is 1. The first-order valence-electron chi connectivity index (χ1n) is 6.27. The molecule has 4 nitrogen and oxygen atoms in total. The Morgan fingerprint density at radius 2 is 2.00 bits per heavy atom. The Balaban J connectivity index is 1.81. The summed E-state index contributed by atoms with van der Waals surface area (Å²) < 4.78 is 5.38. The third-order valence-electron chi connectivity index (χ3n) is 2.89. The topological polar surface area (TPSA) is 68.3 Å². The van der Waals surface area contributed by atoms with Crippen molar-refractivity contribution in [2.24, 2.45) is 5.73 Å². The molecule has 1 heterocycles. The summed E-state index contributed by atoms with van der Waals surface area (Å²) in [4.78, 5) is 11.8. The Morgan fingerprint density at radius 1 is 1.26 bits per heavy atom. The van der Waals surface area contributed by atoms with Gasteiger partial charge < -0.3 is 15.5 Å². The van der Waals surface area contributed by atoms with Crippen LogP contribution in [0.5, 0.6) is 0 Å². The first-order chi connectivity index (χ1) is 9.15. The maximum absolute atomic E-state index is 11.8. The van der Waals surface area contributed by atoms with Crippen LogP contribution in [0.4, 0.5) is 0 Å². The van der Waals surface area contributed by atoms with Gasteiger partial charge in [-0.15, -0.1) is 0 Å². The molecule has 0 aliphatic rings. The lowest BCUT2D eigenvalue weighted by Gasteiger charge is -2.11. The largest absolute Gasteiger partial charge is 0.465 e. The van der Waals surface area contributed by atoms with Crippen molar-refractivity contribution in [2.75, 3.05) is 0 Å². The SMILES string of the molecule is Cc1ccc(CNC(=O)CC(N)c2ccccc2)o1. The quantitative estimate of drug-likeness (QED) is 0.864. The second-order valence-electron chi connectivity index (χ2n) is 4.51.